The molecule has 16 heavy (non-hydrogen) atoms. The molecule has 1 aliphatic carbocycles. The van der Waals surface area contributed by atoms with Crippen LogP contribution in [0.5, 0.6) is 0 Å². The lowest BCUT2D eigenvalue weighted by atomic mass is 10.00. The standard InChI is InChI=1S/C11H21N3O2/c12-11(13-16)2-1-5-14-6-8-3-4-10(15)9(8)7-14/h8-10,15-16H,1-7H2,(H2,12,13). The Morgan fingerprint density at radius 3 is 2.88 bits per heavy atom. The summed E-state index contributed by atoms with van der Waals surface area (Å²) in [7, 11) is 0. The Labute approximate surface area is 95.9 Å². The lowest BCUT2D eigenvalue weighted by Gasteiger charge is -2.17. The van der Waals surface area contributed by atoms with E-state index in [4.69, 9.17) is 10.9 Å². The smallest absolute Gasteiger partial charge is 0.139 e. The predicted molar refractivity (Wildman–Crippen MR) is 61.3 cm³/mol. The first kappa shape index (κ1) is 11.7. The van der Waals surface area contributed by atoms with Crippen LogP contribution in [0.1, 0.15) is 25.7 Å². The second-order valence-corrected chi connectivity index (χ2v) is 5.02. The van der Waals surface area contributed by atoms with E-state index in [1.165, 1.54) is 6.42 Å². The number of likely N-dealkylation sites (tertiary alicyclic amines) is 1. The van der Waals surface area contributed by atoms with E-state index in [0.29, 0.717) is 24.1 Å². The molecule has 5 nitrogen and oxygen atoms in total. The second kappa shape index (κ2) is 5.01. The van der Waals surface area contributed by atoms with Gasteiger partial charge in [-0.2, -0.15) is 0 Å². The van der Waals surface area contributed by atoms with Crippen molar-refractivity contribution in [3.8, 4) is 0 Å². The van der Waals surface area contributed by atoms with Crippen LogP contribution >= 0.6 is 0 Å². The van der Waals surface area contributed by atoms with Crippen molar-refractivity contribution >= 4 is 5.84 Å². The third kappa shape index (κ3) is 2.47. The molecule has 0 aromatic rings. The summed E-state index contributed by atoms with van der Waals surface area (Å²) in [5, 5.41) is 21.1. The van der Waals surface area contributed by atoms with Crippen molar-refractivity contribution in [2.45, 2.75) is 31.8 Å². The highest BCUT2D eigenvalue weighted by molar-refractivity contribution is 5.79. The van der Waals surface area contributed by atoms with Crippen LogP contribution in [-0.4, -0.2) is 46.8 Å². The summed E-state index contributed by atoms with van der Waals surface area (Å²) in [5.74, 6) is 1.49. The van der Waals surface area contributed by atoms with Gasteiger partial charge < -0.3 is 20.9 Å². The molecule has 2 aliphatic rings. The van der Waals surface area contributed by atoms with Crippen LogP contribution < -0.4 is 5.73 Å². The van der Waals surface area contributed by atoms with Crippen LogP contribution in [0.3, 0.4) is 0 Å². The molecule has 2 rings (SSSR count). The highest BCUT2D eigenvalue weighted by Gasteiger charge is 2.41. The molecule has 0 radical (unpaired) electrons. The average Bonchev–Trinajstić information content (AvgIpc) is 2.81. The van der Waals surface area contributed by atoms with Crippen molar-refractivity contribution in [3.05, 3.63) is 0 Å². The lowest BCUT2D eigenvalue weighted by molar-refractivity contribution is 0.124. The largest absolute Gasteiger partial charge is 0.409 e. The van der Waals surface area contributed by atoms with Gasteiger partial charge in [0, 0.05) is 25.4 Å². The van der Waals surface area contributed by atoms with Crippen molar-refractivity contribution in [2.75, 3.05) is 19.6 Å². The van der Waals surface area contributed by atoms with Crippen LogP contribution in [0.15, 0.2) is 5.16 Å². The van der Waals surface area contributed by atoms with Crippen LogP contribution in [0.25, 0.3) is 0 Å². The highest BCUT2D eigenvalue weighted by Crippen LogP contribution is 2.37. The first-order valence-electron chi connectivity index (χ1n) is 6.07. The molecule has 3 unspecified atom stereocenters. The van der Waals surface area contributed by atoms with Crippen molar-refractivity contribution in [1.82, 2.24) is 4.90 Å². The fourth-order valence-corrected chi connectivity index (χ4v) is 3.05. The molecule has 4 N–H and O–H groups in total. The molecule has 0 spiro atoms. The molecule has 0 aromatic heterocycles. The van der Waals surface area contributed by atoms with Crippen LogP contribution in [0, 0.1) is 11.8 Å². The molecule has 0 aromatic carbocycles. The minimum Gasteiger partial charge on any atom is -0.409 e. The van der Waals surface area contributed by atoms with Gasteiger partial charge in [-0.15, -0.1) is 0 Å². The topological polar surface area (TPSA) is 82.1 Å². The number of nitrogens with two attached hydrogens (primary N) is 1. The maximum Gasteiger partial charge on any atom is 0.139 e. The zero-order valence-electron chi connectivity index (χ0n) is 9.55. The van der Waals surface area contributed by atoms with Crippen LogP contribution in [-0.2, 0) is 0 Å². The van der Waals surface area contributed by atoms with Crippen LogP contribution in [0.2, 0.25) is 0 Å². The molecule has 1 saturated heterocycles. The first-order valence-corrected chi connectivity index (χ1v) is 6.07. The Hall–Kier alpha value is -0.810. The molecular weight excluding hydrogens is 206 g/mol. The van der Waals surface area contributed by atoms with Gasteiger partial charge in [0.2, 0.25) is 0 Å². The molecule has 1 saturated carbocycles. The third-order valence-electron chi connectivity index (χ3n) is 3.93. The number of nitrogens with zero attached hydrogens (tertiary/aromatic N) is 2. The minimum absolute atomic E-state index is 0.0842. The quantitative estimate of drug-likeness (QED) is 0.278. The molecule has 3 atom stereocenters. The van der Waals surface area contributed by atoms with Crippen molar-refractivity contribution in [2.24, 2.45) is 22.7 Å². The molecule has 1 heterocycles. The lowest BCUT2D eigenvalue weighted by Crippen LogP contribution is -2.26. The van der Waals surface area contributed by atoms with E-state index in [9.17, 15) is 5.11 Å². The Morgan fingerprint density at radius 1 is 1.38 bits per heavy atom. The third-order valence-corrected chi connectivity index (χ3v) is 3.93. The molecular formula is C11H21N3O2. The summed E-state index contributed by atoms with van der Waals surface area (Å²) in [6.45, 7) is 3.11. The summed E-state index contributed by atoms with van der Waals surface area (Å²) in [4.78, 5) is 2.39. The molecule has 0 amide bonds. The normalized spacial score (nSPS) is 35.6. The van der Waals surface area contributed by atoms with E-state index in [1.54, 1.807) is 0 Å². The number of fused-ring (bicyclic) bond motifs is 1. The van der Waals surface area contributed by atoms with Crippen molar-refractivity contribution < 1.29 is 10.3 Å². The summed E-state index contributed by atoms with van der Waals surface area (Å²) in [5.41, 5.74) is 5.41. The number of hydrogen-bond acceptors (Lipinski definition) is 4. The van der Waals surface area contributed by atoms with Gasteiger partial charge in [-0.25, -0.2) is 0 Å². The van der Waals surface area contributed by atoms with Gasteiger partial charge in [-0.05, 0) is 31.7 Å². The van der Waals surface area contributed by atoms with E-state index in [0.717, 1.165) is 32.5 Å². The first-order chi connectivity index (χ1) is 7.70. The average molecular weight is 227 g/mol. The highest BCUT2D eigenvalue weighted by atomic mass is 16.4. The number of rotatable bonds is 4. The zero-order valence-corrected chi connectivity index (χ0v) is 9.55. The number of hydrogen-bond donors (Lipinski definition) is 3. The Morgan fingerprint density at radius 2 is 2.19 bits per heavy atom. The Kier molecular flexibility index (Phi) is 3.66. The molecule has 5 heteroatoms. The van der Waals surface area contributed by atoms with E-state index < -0.39 is 0 Å². The second-order valence-electron chi connectivity index (χ2n) is 5.02. The SMILES string of the molecule is NC(CCCN1CC2CCC(O)C2C1)=NO. The van der Waals surface area contributed by atoms with E-state index >= 15 is 0 Å². The fourth-order valence-electron chi connectivity index (χ4n) is 3.05. The molecule has 92 valence electrons. The molecule has 1 aliphatic heterocycles. The van der Waals surface area contributed by atoms with Crippen molar-refractivity contribution in [3.63, 3.8) is 0 Å². The number of aliphatic hydroxyl groups is 1. The van der Waals surface area contributed by atoms with E-state index in [-0.39, 0.29) is 6.10 Å². The Bertz CT molecular complexity index is 270. The number of amidine groups is 1. The Balaban J connectivity index is 1.70. The molecule has 2 fully saturated rings. The van der Waals surface area contributed by atoms with Gasteiger partial charge in [0.25, 0.3) is 0 Å². The van der Waals surface area contributed by atoms with Gasteiger partial charge in [0.05, 0.1) is 6.10 Å². The minimum atomic E-state index is -0.0842. The van der Waals surface area contributed by atoms with E-state index in [1.807, 2.05) is 0 Å². The van der Waals surface area contributed by atoms with Gasteiger partial charge in [0.1, 0.15) is 5.84 Å². The fraction of sp³-hybridized carbons (Fsp3) is 0.909. The summed E-state index contributed by atoms with van der Waals surface area (Å²) < 4.78 is 0. The predicted octanol–water partition coefficient (Wildman–Crippen LogP) is 0.216. The van der Waals surface area contributed by atoms with Crippen molar-refractivity contribution in [1.29, 1.82) is 0 Å². The maximum absolute atomic E-state index is 9.77. The van der Waals surface area contributed by atoms with Crippen LogP contribution in [0.4, 0.5) is 0 Å². The molecule has 0 bridgehead atoms. The summed E-state index contributed by atoms with van der Waals surface area (Å²) in [6.07, 6.45) is 3.63. The van der Waals surface area contributed by atoms with Gasteiger partial charge >= 0.3 is 0 Å². The van der Waals surface area contributed by atoms with E-state index in [2.05, 4.69) is 10.1 Å². The van der Waals surface area contributed by atoms with Gasteiger partial charge in [0.15, 0.2) is 0 Å². The zero-order chi connectivity index (χ0) is 11.5. The summed E-state index contributed by atoms with van der Waals surface area (Å²) in [6, 6.07) is 0. The van der Waals surface area contributed by atoms with Gasteiger partial charge in [-0.3, -0.25) is 0 Å². The van der Waals surface area contributed by atoms with Gasteiger partial charge in [-0.1, -0.05) is 5.16 Å². The monoisotopic (exact) mass is 227 g/mol. The number of aliphatic hydroxyl groups excluding tert-OH is 1. The summed E-state index contributed by atoms with van der Waals surface area (Å²) >= 11 is 0. The maximum atomic E-state index is 9.77. The number of oxime groups is 1.